The van der Waals surface area contributed by atoms with E-state index in [1.807, 2.05) is 0 Å². The van der Waals surface area contributed by atoms with Gasteiger partial charge in [-0.1, -0.05) is 11.8 Å². The van der Waals surface area contributed by atoms with Crippen molar-refractivity contribution in [1.82, 2.24) is 14.9 Å². The number of nitrogens with zero attached hydrogens (tertiary/aromatic N) is 3. The van der Waals surface area contributed by atoms with Crippen LogP contribution in [-0.4, -0.2) is 26.4 Å². The van der Waals surface area contributed by atoms with Crippen LogP contribution in [-0.2, 0) is 0 Å². The fourth-order valence-electron chi connectivity index (χ4n) is 1.42. The number of aryl methyl sites for hydroxylation is 1. The molecular weight excluding hydrogens is 283 g/mol. The molecule has 2 rings (SSSR count). The molecule has 20 heavy (non-hydrogen) atoms. The Labute approximate surface area is 117 Å². The minimum atomic E-state index is -0.461. The van der Waals surface area contributed by atoms with Crippen molar-refractivity contribution >= 4 is 17.5 Å². The van der Waals surface area contributed by atoms with Gasteiger partial charge in [-0.3, -0.25) is 9.59 Å². The van der Waals surface area contributed by atoms with E-state index in [9.17, 15) is 14.0 Å². The maximum absolute atomic E-state index is 12.7. The molecule has 2 aromatic rings. The maximum atomic E-state index is 12.7. The number of thioether (sulfide) groups is 1. The van der Waals surface area contributed by atoms with Crippen LogP contribution in [0.4, 0.5) is 4.39 Å². The summed E-state index contributed by atoms with van der Waals surface area (Å²) < 4.78 is 13.6. The molecule has 1 aromatic heterocycles. The second kappa shape index (κ2) is 5.83. The van der Waals surface area contributed by atoms with Crippen LogP contribution in [0.1, 0.15) is 16.1 Å². The number of nitrogens with two attached hydrogens (primary N) is 1. The van der Waals surface area contributed by atoms with E-state index < -0.39 is 11.4 Å². The van der Waals surface area contributed by atoms with Gasteiger partial charge in [0.25, 0.3) is 5.56 Å². The van der Waals surface area contributed by atoms with Gasteiger partial charge in [0, 0.05) is 5.56 Å². The van der Waals surface area contributed by atoms with Gasteiger partial charge in [0.1, 0.15) is 11.5 Å². The number of carbonyl (C=O) groups is 1. The molecule has 6 nitrogen and oxygen atoms in total. The fraction of sp³-hybridized carbons (Fsp3) is 0.167. The Morgan fingerprint density at radius 3 is 2.65 bits per heavy atom. The number of carbonyl (C=O) groups excluding carboxylic acids is 1. The van der Waals surface area contributed by atoms with Crippen molar-refractivity contribution in [3.05, 3.63) is 51.7 Å². The van der Waals surface area contributed by atoms with E-state index in [2.05, 4.69) is 10.2 Å². The van der Waals surface area contributed by atoms with E-state index in [0.717, 1.165) is 16.4 Å². The number of rotatable bonds is 4. The average Bonchev–Trinajstić information content (AvgIpc) is 2.44. The second-order valence-electron chi connectivity index (χ2n) is 3.96. The molecule has 2 N–H and O–H groups in total. The molecular formula is C12H11FN4O2S. The summed E-state index contributed by atoms with van der Waals surface area (Å²) >= 11 is 0.998. The van der Waals surface area contributed by atoms with Crippen molar-refractivity contribution in [1.29, 1.82) is 0 Å². The summed E-state index contributed by atoms with van der Waals surface area (Å²) in [5.41, 5.74) is 0.100. The molecule has 0 spiro atoms. The Morgan fingerprint density at radius 2 is 2.00 bits per heavy atom. The molecule has 0 amide bonds. The van der Waals surface area contributed by atoms with E-state index in [0.29, 0.717) is 5.56 Å². The average molecular weight is 294 g/mol. The Kier molecular flexibility index (Phi) is 4.14. The molecule has 0 aliphatic heterocycles. The summed E-state index contributed by atoms with van der Waals surface area (Å²) in [6, 6.07) is 5.22. The van der Waals surface area contributed by atoms with E-state index >= 15 is 0 Å². The van der Waals surface area contributed by atoms with Crippen LogP contribution in [0.5, 0.6) is 0 Å². The highest BCUT2D eigenvalue weighted by molar-refractivity contribution is 7.99. The summed E-state index contributed by atoms with van der Waals surface area (Å²) in [5, 5.41) is 7.56. The molecule has 0 bridgehead atoms. The lowest BCUT2D eigenvalue weighted by Crippen LogP contribution is -2.32. The highest BCUT2D eigenvalue weighted by Gasteiger charge is 2.11. The quantitative estimate of drug-likeness (QED) is 0.509. The van der Waals surface area contributed by atoms with Crippen LogP contribution in [0, 0.1) is 12.7 Å². The molecule has 0 aliphatic rings. The maximum Gasteiger partial charge on any atom is 0.294 e. The predicted octanol–water partition coefficient (Wildman–Crippen LogP) is 0.775. The molecule has 0 saturated heterocycles. The first-order valence-corrected chi connectivity index (χ1v) is 6.60. The minimum Gasteiger partial charge on any atom is -0.334 e. The zero-order chi connectivity index (χ0) is 14.7. The zero-order valence-corrected chi connectivity index (χ0v) is 11.4. The van der Waals surface area contributed by atoms with Gasteiger partial charge >= 0.3 is 0 Å². The molecule has 0 unspecified atom stereocenters. The lowest BCUT2D eigenvalue weighted by atomic mass is 10.1. The Hall–Kier alpha value is -2.22. The SMILES string of the molecule is Cc1nnc(SCC(=O)c2ccc(F)cc2)n(N)c1=O. The van der Waals surface area contributed by atoms with Gasteiger partial charge in [0.05, 0.1) is 5.75 Å². The van der Waals surface area contributed by atoms with Crippen molar-refractivity contribution in [3.63, 3.8) is 0 Å². The van der Waals surface area contributed by atoms with Gasteiger partial charge in [-0.15, -0.1) is 10.2 Å². The van der Waals surface area contributed by atoms with Gasteiger partial charge in [-0.25, -0.2) is 4.39 Å². The fourth-order valence-corrected chi connectivity index (χ4v) is 2.16. The molecule has 0 atom stereocenters. The monoisotopic (exact) mass is 294 g/mol. The van der Waals surface area contributed by atoms with E-state index in [4.69, 9.17) is 5.84 Å². The van der Waals surface area contributed by atoms with Gasteiger partial charge < -0.3 is 5.84 Å². The molecule has 8 heteroatoms. The highest BCUT2D eigenvalue weighted by Crippen LogP contribution is 2.14. The van der Waals surface area contributed by atoms with Crippen molar-refractivity contribution in [2.45, 2.75) is 12.1 Å². The molecule has 0 fully saturated rings. The Balaban J connectivity index is 2.09. The van der Waals surface area contributed by atoms with Crippen molar-refractivity contribution in [2.24, 2.45) is 0 Å². The van der Waals surface area contributed by atoms with Crippen LogP contribution < -0.4 is 11.4 Å². The first kappa shape index (κ1) is 14.2. The number of aromatic nitrogens is 3. The van der Waals surface area contributed by atoms with Crippen molar-refractivity contribution in [2.75, 3.05) is 11.6 Å². The Bertz CT molecular complexity index is 700. The first-order chi connectivity index (χ1) is 9.49. The van der Waals surface area contributed by atoms with Gasteiger partial charge in [-0.2, -0.15) is 4.68 Å². The lowest BCUT2D eigenvalue weighted by Gasteiger charge is -2.05. The second-order valence-corrected chi connectivity index (χ2v) is 4.90. The number of ketones is 1. The van der Waals surface area contributed by atoms with E-state index in [-0.39, 0.29) is 22.4 Å². The molecule has 104 valence electrons. The van der Waals surface area contributed by atoms with Crippen molar-refractivity contribution in [3.8, 4) is 0 Å². The van der Waals surface area contributed by atoms with E-state index in [1.165, 1.54) is 31.2 Å². The largest absolute Gasteiger partial charge is 0.334 e. The molecule has 1 heterocycles. The number of benzene rings is 1. The molecule has 0 saturated carbocycles. The number of hydrogen-bond acceptors (Lipinski definition) is 6. The topological polar surface area (TPSA) is 90.9 Å². The van der Waals surface area contributed by atoms with Crippen molar-refractivity contribution < 1.29 is 9.18 Å². The van der Waals surface area contributed by atoms with Crippen LogP contribution in [0.15, 0.2) is 34.2 Å². The summed E-state index contributed by atoms with van der Waals surface area (Å²) in [6.45, 7) is 1.50. The summed E-state index contributed by atoms with van der Waals surface area (Å²) in [4.78, 5) is 23.4. The third-order valence-corrected chi connectivity index (χ3v) is 3.46. The predicted molar refractivity (Wildman–Crippen MR) is 72.6 cm³/mol. The van der Waals surface area contributed by atoms with Crippen LogP contribution in [0.3, 0.4) is 0 Å². The normalized spacial score (nSPS) is 10.5. The minimum absolute atomic E-state index is 0.0278. The van der Waals surface area contributed by atoms with Crippen LogP contribution in [0.2, 0.25) is 0 Å². The first-order valence-electron chi connectivity index (χ1n) is 5.62. The number of halogens is 1. The zero-order valence-electron chi connectivity index (χ0n) is 10.5. The molecule has 0 radical (unpaired) electrons. The molecule has 0 aliphatic carbocycles. The summed E-state index contributed by atoms with van der Waals surface area (Å²) in [5.74, 6) is 4.95. The van der Waals surface area contributed by atoms with Crippen LogP contribution >= 0.6 is 11.8 Å². The van der Waals surface area contributed by atoms with Gasteiger partial charge in [0.15, 0.2) is 5.78 Å². The third-order valence-electron chi connectivity index (χ3n) is 2.52. The van der Waals surface area contributed by atoms with Gasteiger partial charge in [-0.05, 0) is 31.2 Å². The number of hydrogen-bond donors (Lipinski definition) is 1. The lowest BCUT2D eigenvalue weighted by molar-refractivity contribution is 0.102. The van der Waals surface area contributed by atoms with Crippen LogP contribution in [0.25, 0.3) is 0 Å². The number of Topliss-reactive ketones (excluding diaryl/α,β-unsaturated/α-hetero) is 1. The van der Waals surface area contributed by atoms with Gasteiger partial charge in [0.2, 0.25) is 5.16 Å². The summed E-state index contributed by atoms with van der Waals surface area (Å²) in [6.07, 6.45) is 0. The standard InChI is InChI=1S/C12H11FN4O2S/c1-7-11(19)17(14)12(16-15-7)20-6-10(18)8-2-4-9(13)5-3-8/h2-5H,6,14H2,1H3. The third kappa shape index (κ3) is 3.02. The molecule has 1 aromatic carbocycles. The Morgan fingerprint density at radius 1 is 1.35 bits per heavy atom. The smallest absolute Gasteiger partial charge is 0.294 e. The van der Waals surface area contributed by atoms with E-state index in [1.54, 1.807) is 0 Å². The summed E-state index contributed by atoms with van der Waals surface area (Å²) in [7, 11) is 0. The number of nitrogen functional groups attached to an aromatic ring is 1. The highest BCUT2D eigenvalue weighted by atomic mass is 32.2.